The summed E-state index contributed by atoms with van der Waals surface area (Å²) in [6.45, 7) is 6.15. The molecule has 3 heterocycles. The fourth-order valence-electron chi connectivity index (χ4n) is 7.65. The van der Waals surface area contributed by atoms with E-state index in [-0.39, 0.29) is 6.23 Å². The summed E-state index contributed by atoms with van der Waals surface area (Å²) < 4.78 is 6.15. The molecule has 1 N–H and O–H groups in total. The maximum absolute atomic E-state index is 6.15. The lowest BCUT2D eigenvalue weighted by molar-refractivity contribution is 0.0119. The maximum atomic E-state index is 6.15. The third-order valence-corrected chi connectivity index (χ3v) is 9.49. The first-order chi connectivity index (χ1) is 14.8. The Morgan fingerprint density at radius 2 is 1.40 bits per heavy atom. The fourth-order valence-corrected chi connectivity index (χ4v) is 7.65. The highest BCUT2D eigenvalue weighted by molar-refractivity contribution is 4.88. The van der Waals surface area contributed by atoms with Gasteiger partial charge in [0, 0.05) is 25.6 Å². The molecule has 2 aliphatic carbocycles. The molecule has 5 rings (SSSR count). The van der Waals surface area contributed by atoms with Crippen molar-refractivity contribution in [1.82, 2.24) is 15.3 Å². The van der Waals surface area contributed by atoms with E-state index in [0.29, 0.717) is 0 Å². The summed E-state index contributed by atoms with van der Waals surface area (Å²) in [4.78, 5) is 2.75. The molecule has 0 aromatic rings. The third kappa shape index (κ3) is 5.42. The Bertz CT molecular complexity index is 506. The first-order valence-corrected chi connectivity index (χ1v) is 13.7. The second-order valence-electron chi connectivity index (χ2n) is 11.3. The van der Waals surface area contributed by atoms with Crippen molar-refractivity contribution in [1.29, 1.82) is 0 Å². The Balaban J connectivity index is 0.928. The van der Waals surface area contributed by atoms with Crippen molar-refractivity contribution in [3.05, 3.63) is 0 Å². The van der Waals surface area contributed by atoms with Gasteiger partial charge in [-0.3, -0.25) is 0 Å². The lowest BCUT2D eigenvalue weighted by Gasteiger charge is -2.44. The van der Waals surface area contributed by atoms with E-state index in [1.807, 2.05) is 0 Å². The molecule has 0 aromatic carbocycles. The van der Waals surface area contributed by atoms with E-state index in [9.17, 15) is 0 Å². The van der Waals surface area contributed by atoms with Crippen molar-refractivity contribution < 1.29 is 4.74 Å². The van der Waals surface area contributed by atoms with Crippen LogP contribution in [0.25, 0.3) is 0 Å². The van der Waals surface area contributed by atoms with Crippen molar-refractivity contribution in [3.63, 3.8) is 0 Å². The highest BCUT2D eigenvalue weighted by Gasteiger charge is 2.36. The molecule has 0 amide bonds. The van der Waals surface area contributed by atoms with Crippen LogP contribution in [0.3, 0.4) is 0 Å². The first-order valence-electron chi connectivity index (χ1n) is 13.7. The number of piperidine rings is 2. The Labute approximate surface area is 185 Å². The third-order valence-electron chi connectivity index (χ3n) is 9.49. The molecule has 4 nitrogen and oxygen atoms in total. The van der Waals surface area contributed by atoms with Crippen molar-refractivity contribution in [3.8, 4) is 0 Å². The SMILES string of the molecule is C(CCN1CCC(C2CCC3CCCCC3C2)CC1)COC1CC2CCCCN2N1. The van der Waals surface area contributed by atoms with Crippen LogP contribution in [0.1, 0.15) is 96.3 Å². The minimum Gasteiger partial charge on any atom is -0.362 e. The molecule has 30 heavy (non-hydrogen) atoms. The predicted molar refractivity (Wildman–Crippen MR) is 123 cm³/mol. The topological polar surface area (TPSA) is 27.7 Å². The summed E-state index contributed by atoms with van der Waals surface area (Å²) >= 11 is 0. The minimum absolute atomic E-state index is 0.281. The smallest absolute Gasteiger partial charge is 0.122 e. The quantitative estimate of drug-likeness (QED) is 0.577. The number of hydrogen-bond donors (Lipinski definition) is 1. The van der Waals surface area contributed by atoms with Gasteiger partial charge in [0.25, 0.3) is 0 Å². The van der Waals surface area contributed by atoms with E-state index in [1.165, 1.54) is 90.4 Å². The van der Waals surface area contributed by atoms with Crippen LogP contribution < -0.4 is 5.43 Å². The molecule has 172 valence electrons. The van der Waals surface area contributed by atoms with Gasteiger partial charge in [-0.05, 0) is 101 Å². The molecule has 5 aliphatic rings. The molecule has 4 heteroatoms. The van der Waals surface area contributed by atoms with E-state index in [0.717, 1.165) is 36.3 Å². The van der Waals surface area contributed by atoms with E-state index >= 15 is 0 Å². The monoisotopic (exact) mass is 417 g/mol. The number of hydrazine groups is 1. The minimum atomic E-state index is 0.281. The van der Waals surface area contributed by atoms with Crippen LogP contribution >= 0.6 is 0 Å². The average Bonchev–Trinajstić information content (AvgIpc) is 3.22. The summed E-state index contributed by atoms with van der Waals surface area (Å²) in [5.41, 5.74) is 3.59. The Hall–Kier alpha value is -0.160. The van der Waals surface area contributed by atoms with E-state index in [1.54, 1.807) is 32.1 Å². The second-order valence-corrected chi connectivity index (χ2v) is 11.3. The summed E-state index contributed by atoms with van der Waals surface area (Å²) in [6, 6.07) is 0.734. The van der Waals surface area contributed by atoms with E-state index < -0.39 is 0 Å². The van der Waals surface area contributed by atoms with Gasteiger partial charge in [0.2, 0.25) is 0 Å². The molecule has 0 aromatic heterocycles. The van der Waals surface area contributed by atoms with E-state index in [4.69, 9.17) is 4.74 Å². The molecule has 0 spiro atoms. The normalized spacial score (nSPS) is 39.0. The van der Waals surface area contributed by atoms with Gasteiger partial charge in [-0.25, -0.2) is 10.4 Å². The molecule has 3 aliphatic heterocycles. The Morgan fingerprint density at radius 1 is 0.667 bits per heavy atom. The highest BCUT2D eigenvalue weighted by Crippen LogP contribution is 2.46. The fraction of sp³-hybridized carbons (Fsp3) is 1.00. The van der Waals surface area contributed by atoms with Crippen LogP contribution in [-0.4, -0.2) is 55.0 Å². The van der Waals surface area contributed by atoms with Crippen molar-refractivity contribution >= 4 is 0 Å². The number of unbranched alkanes of at least 4 members (excludes halogenated alkanes) is 1. The van der Waals surface area contributed by atoms with Crippen molar-refractivity contribution in [2.24, 2.45) is 23.7 Å². The number of nitrogens with one attached hydrogen (secondary N) is 1. The van der Waals surface area contributed by atoms with Gasteiger partial charge in [-0.2, -0.15) is 0 Å². The molecule has 3 saturated heterocycles. The Morgan fingerprint density at radius 3 is 2.27 bits per heavy atom. The zero-order chi connectivity index (χ0) is 20.2. The molecule has 0 bridgehead atoms. The Kier molecular flexibility index (Phi) is 7.69. The van der Waals surface area contributed by atoms with Crippen molar-refractivity contribution in [2.45, 2.75) is 109 Å². The number of ether oxygens (including phenoxy) is 1. The van der Waals surface area contributed by atoms with E-state index in [2.05, 4.69) is 15.3 Å². The zero-order valence-corrected chi connectivity index (χ0v) is 19.4. The van der Waals surface area contributed by atoms with Crippen LogP contribution in [0.15, 0.2) is 0 Å². The van der Waals surface area contributed by atoms with Crippen LogP contribution in [0.4, 0.5) is 0 Å². The number of fused-ring (bicyclic) bond motifs is 2. The lowest BCUT2D eigenvalue weighted by Crippen LogP contribution is -2.42. The van der Waals surface area contributed by atoms with Gasteiger partial charge in [0.05, 0.1) is 0 Å². The molecule has 2 saturated carbocycles. The number of likely N-dealkylation sites (tertiary alicyclic amines) is 1. The van der Waals surface area contributed by atoms with Gasteiger partial charge in [-0.15, -0.1) is 0 Å². The number of rotatable bonds is 7. The lowest BCUT2D eigenvalue weighted by atomic mass is 9.64. The first kappa shape index (κ1) is 21.7. The van der Waals surface area contributed by atoms with Gasteiger partial charge in [0.15, 0.2) is 0 Å². The van der Waals surface area contributed by atoms with Crippen LogP contribution in [-0.2, 0) is 4.74 Å². The van der Waals surface area contributed by atoms with Crippen LogP contribution in [0.5, 0.6) is 0 Å². The average molecular weight is 418 g/mol. The number of hydrogen-bond acceptors (Lipinski definition) is 4. The molecular formula is C26H47N3O. The van der Waals surface area contributed by atoms with Gasteiger partial charge in [0.1, 0.15) is 6.23 Å². The predicted octanol–water partition coefficient (Wildman–Crippen LogP) is 5.19. The molecule has 5 unspecified atom stereocenters. The summed E-state index contributed by atoms with van der Waals surface area (Å²) in [5.74, 6) is 4.32. The molecule has 5 atom stereocenters. The standard InChI is InChI=1S/C26H47N3O/c1-2-8-23-19-24(11-10-21(23)7-1)22-12-16-28(17-13-22)14-5-6-18-30-26-20-25-9-3-4-15-29(25)27-26/h21-27H,1-20H2. The molecule has 5 fully saturated rings. The summed E-state index contributed by atoms with van der Waals surface area (Å²) in [5, 5.41) is 2.44. The molecule has 0 radical (unpaired) electrons. The molecular weight excluding hydrogens is 370 g/mol. The summed E-state index contributed by atoms with van der Waals surface area (Å²) in [6.07, 6.45) is 21.9. The van der Waals surface area contributed by atoms with Crippen LogP contribution in [0, 0.1) is 23.7 Å². The summed E-state index contributed by atoms with van der Waals surface area (Å²) in [7, 11) is 0. The highest BCUT2D eigenvalue weighted by atomic mass is 16.5. The number of nitrogens with zero attached hydrogens (tertiary/aromatic N) is 2. The maximum Gasteiger partial charge on any atom is 0.122 e. The zero-order valence-electron chi connectivity index (χ0n) is 19.4. The second kappa shape index (κ2) is 10.6. The van der Waals surface area contributed by atoms with Gasteiger partial charge >= 0.3 is 0 Å². The van der Waals surface area contributed by atoms with Crippen LogP contribution in [0.2, 0.25) is 0 Å². The van der Waals surface area contributed by atoms with Gasteiger partial charge in [-0.1, -0.05) is 32.1 Å². The van der Waals surface area contributed by atoms with Gasteiger partial charge < -0.3 is 9.64 Å². The largest absolute Gasteiger partial charge is 0.362 e. The van der Waals surface area contributed by atoms with Crippen molar-refractivity contribution in [2.75, 3.05) is 32.8 Å².